The van der Waals surface area contributed by atoms with E-state index in [1.807, 2.05) is 0 Å². The molecule has 0 unspecified atom stereocenters. The fraction of sp³-hybridized carbons (Fsp3) is 0.471. The lowest BCUT2D eigenvalue weighted by Gasteiger charge is -2.09. The molecule has 3 N–H and O–H groups in total. The molecular formula is C17H25N3. The van der Waals surface area contributed by atoms with Gasteiger partial charge in [-0.15, -0.1) is 0 Å². The maximum atomic E-state index is 5.74. The van der Waals surface area contributed by atoms with Gasteiger partial charge in [0.2, 0.25) is 0 Å². The molecule has 0 atom stereocenters. The molecular weight excluding hydrogens is 246 g/mol. The minimum atomic E-state index is 0.395. The lowest BCUT2D eigenvalue weighted by atomic mass is 9.97. The van der Waals surface area contributed by atoms with Gasteiger partial charge >= 0.3 is 0 Å². The molecule has 20 heavy (non-hydrogen) atoms. The van der Waals surface area contributed by atoms with Crippen LogP contribution in [0, 0.1) is 20.8 Å². The Hall–Kier alpha value is -1.61. The van der Waals surface area contributed by atoms with Crippen molar-refractivity contribution in [3.8, 4) is 11.3 Å². The topological polar surface area (TPSA) is 54.7 Å². The van der Waals surface area contributed by atoms with E-state index in [0.717, 1.165) is 23.6 Å². The number of H-pyrrole nitrogens is 1. The summed E-state index contributed by atoms with van der Waals surface area (Å²) in [6, 6.07) is 4.48. The summed E-state index contributed by atoms with van der Waals surface area (Å²) < 4.78 is 0. The molecule has 0 saturated heterocycles. The van der Waals surface area contributed by atoms with Crippen molar-refractivity contribution in [2.45, 2.75) is 47.0 Å². The normalized spacial score (nSPS) is 11.3. The van der Waals surface area contributed by atoms with Gasteiger partial charge in [-0.25, -0.2) is 4.98 Å². The Bertz CT molecular complexity index is 609. The number of imidazole rings is 1. The van der Waals surface area contributed by atoms with Gasteiger partial charge in [0.25, 0.3) is 0 Å². The van der Waals surface area contributed by atoms with Crippen molar-refractivity contribution in [3.63, 3.8) is 0 Å². The number of benzene rings is 1. The molecule has 0 radical (unpaired) electrons. The predicted molar refractivity (Wildman–Crippen MR) is 85.1 cm³/mol. The van der Waals surface area contributed by atoms with Gasteiger partial charge in [-0.2, -0.15) is 0 Å². The molecule has 2 aromatic rings. The van der Waals surface area contributed by atoms with Crippen molar-refractivity contribution >= 4 is 0 Å². The van der Waals surface area contributed by atoms with Crippen molar-refractivity contribution in [1.82, 2.24) is 9.97 Å². The number of rotatable bonds is 4. The first-order valence-electron chi connectivity index (χ1n) is 7.31. The Balaban J connectivity index is 2.58. The molecule has 0 aliphatic carbocycles. The van der Waals surface area contributed by atoms with Gasteiger partial charge in [0.05, 0.1) is 5.69 Å². The molecule has 0 saturated carbocycles. The van der Waals surface area contributed by atoms with Gasteiger partial charge in [-0.05, 0) is 50.1 Å². The SMILES string of the molecule is Cc1cc(C)c(-c2nc(C(C)C)[nH]c2CCN)cc1C. The second kappa shape index (κ2) is 5.80. The number of aromatic nitrogens is 2. The first-order valence-corrected chi connectivity index (χ1v) is 7.31. The molecule has 1 heterocycles. The molecule has 1 aromatic carbocycles. The van der Waals surface area contributed by atoms with Crippen molar-refractivity contribution in [1.29, 1.82) is 0 Å². The van der Waals surface area contributed by atoms with E-state index >= 15 is 0 Å². The molecule has 0 aliphatic rings. The Morgan fingerprint density at radius 3 is 2.35 bits per heavy atom. The third kappa shape index (κ3) is 2.78. The van der Waals surface area contributed by atoms with Crippen LogP contribution in [0.1, 0.15) is 48.0 Å². The van der Waals surface area contributed by atoms with E-state index in [4.69, 9.17) is 10.7 Å². The minimum Gasteiger partial charge on any atom is -0.345 e. The highest BCUT2D eigenvalue weighted by Crippen LogP contribution is 2.29. The Labute approximate surface area is 121 Å². The van der Waals surface area contributed by atoms with Crippen LogP contribution in [-0.4, -0.2) is 16.5 Å². The highest BCUT2D eigenvalue weighted by molar-refractivity contribution is 5.68. The van der Waals surface area contributed by atoms with Crippen molar-refractivity contribution in [2.75, 3.05) is 6.54 Å². The second-order valence-electron chi connectivity index (χ2n) is 5.89. The zero-order valence-corrected chi connectivity index (χ0v) is 13.2. The second-order valence-corrected chi connectivity index (χ2v) is 5.89. The van der Waals surface area contributed by atoms with Gasteiger partial charge in [-0.1, -0.05) is 19.9 Å². The fourth-order valence-corrected chi connectivity index (χ4v) is 2.47. The van der Waals surface area contributed by atoms with Crippen LogP contribution in [0.4, 0.5) is 0 Å². The van der Waals surface area contributed by atoms with Crippen molar-refractivity contribution in [2.24, 2.45) is 5.73 Å². The molecule has 0 aliphatic heterocycles. The van der Waals surface area contributed by atoms with Gasteiger partial charge in [0.15, 0.2) is 0 Å². The third-order valence-corrected chi connectivity index (χ3v) is 3.83. The summed E-state index contributed by atoms with van der Waals surface area (Å²) >= 11 is 0. The molecule has 0 fully saturated rings. The Morgan fingerprint density at radius 1 is 1.10 bits per heavy atom. The number of hydrogen-bond acceptors (Lipinski definition) is 2. The number of nitrogens with zero attached hydrogens (tertiary/aromatic N) is 1. The predicted octanol–water partition coefficient (Wildman–Crippen LogP) is 3.63. The summed E-state index contributed by atoms with van der Waals surface area (Å²) in [7, 11) is 0. The number of hydrogen-bond donors (Lipinski definition) is 2. The van der Waals surface area contributed by atoms with Crippen LogP contribution in [0.2, 0.25) is 0 Å². The van der Waals surface area contributed by atoms with E-state index in [0.29, 0.717) is 12.5 Å². The minimum absolute atomic E-state index is 0.395. The van der Waals surface area contributed by atoms with E-state index in [9.17, 15) is 0 Å². The molecule has 108 valence electrons. The fourth-order valence-electron chi connectivity index (χ4n) is 2.47. The van der Waals surface area contributed by atoms with Gasteiger partial charge < -0.3 is 10.7 Å². The standard InChI is InChI=1S/C17H25N3/c1-10(2)17-19-15(6-7-18)16(20-17)14-9-12(4)11(3)8-13(14)5/h8-10H,6-7,18H2,1-5H3,(H,19,20). The van der Waals surface area contributed by atoms with Gasteiger partial charge in [-0.3, -0.25) is 0 Å². The van der Waals surface area contributed by atoms with Crippen LogP contribution >= 0.6 is 0 Å². The van der Waals surface area contributed by atoms with E-state index in [1.54, 1.807) is 0 Å². The quantitative estimate of drug-likeness (QED) is 0.892. The maximum Gasteiger partial charge on any atom is 0.109 e. The molecule has 0 amide bonds. The van der Waals surface area contributed by atoms with Gasteiger partial charge in [0, 0.05) is 23.6 Å². The summed E-state index contributed by atoms with van der Waals surface area (Å²) in [6.07, 6.45) is 0.835. The van der Waals surface area contributed by atoms with Crippen LogP contribution in [0.25, 0.3) is 11.3 Å². The highest BCUT2D eigenvalue weighted by atomic mass is 14.9. The van der Waals surface area contributed by atoms with E-state index in [-0.39, 0.29) is 0 Å². The Morgan fingerprint density at radius 2 is 1.75 bits per heavy atom. The monoisotopic (exact) mass is 271 g/mol. The van der Waals surface area contributed by atoms with E-state index < -0.39 is 0 Å². The zero-order chi connectivity index (χ0) is 14.9. The lowest BCUT2D eigenvalue weighted by molar-refractivity contribution is 0.786. The van der Waals surface area contributed by atoms with E-state index in [2.05, 4.69) is 51.7 Å². The summed E-state index contributed by atoms with van der Waals surface area (Å²) in [5.41, 5.74) is 13.1. The third-order valence-electron chi connectivity index (χ3n) is 3.83. The summed E-state index contributed by atoms with van der Waals surface area (Å²) in [6.45, 7) is 11.4. The average Bonchev–Trinajstić information content (AvgIpc) is 2.78. The van der Waals surface area contributed by atoms with Crippen LogP contribution in [0.3, 0.4) is 0 Å². The summed E-state index contributed by atoms with van der Waals surface area (Å²) in [5.74, 6) is 1.44. The van der Waals surface area contributed by atoms with Crippen LogP contribution in [0.15, 0.2) is 12.1 Å². The van der Waals surface area contributed by atoms with Crippen LogP contribution in [-0.2, 0) is 6.42 Å². The summed E-state index contributed by atoms with van der Waals surface area (Å²) in [5, 5.41) is 0. The molecule has 1 aromatic heterocycles. The number of aryl methyl sites for hydroxylation is 3. The molecule has 2 rings (SSSR count). The zero-order valence-electron chi connectivity index (χ0n) is 13.2. The summed E-state index contributed by atoms with van der Waals surface area (Å²) in [4.78, 5) is 8.27. The smallest absolute Gasteiger partial charge is 0.109 e. The van der Waals surface area contributed by atoms with Crippen LogP contribution in [0.5, 0.6) is 0 Å². The highest BCUT2D eigenvalue weighted by Gasteiger charge is 2.16. The molecule has 0 bridgehead atoms. The van der Waals surface area contributed by atoms with Crippen molar-refractivity contribution in [3.05, 3.63) is 40.3 Å². The molecule has 3 heteroatoms. The number of nitrogens with two attached hydrogens (primary N) is 1. The van der Waals surface area contributed by atoms with Crippen molar-refractivity contribution < 1.29 is 0 Å². The average molecular weight is 271 g/mol. The van der Waals surface area contributed by atoms with E-state index in [1.165, 1.54) is 22.3 Å². The molecule has 3 nitrogen and oxygen atoms in total. The number of aromatic amines is 1. The van der Waals surface area contributed by atoms with Crippen LogP contribution < -0.4 is 5.73 Å². The maximum absolute atomic E-state index is 5.74. The largest absolute Gasteiger partial charge is 0.345 e. The lowest BCUT2D eigenvalue weighted by Crippen LogP contribution is -2.04. The van der Waals surface area contributed by atoms with Gasteiger partial charge in [0.1, 0.15) is 5.82 Å². The first kappa shape index (κ1) is 14.8. The molecule has 0 spiro atoms. The number of nitrogens with one attached hydrogen (secondary N) is 1. The Kier molecular flexibility index (Phi) is 4.29. The first-order chi connectivity index (χ1) is 9.43.